The lowest BCUT2D eigenvalue weighted by atomic mass is 9.78. The van der Waals surface area contributed by atoms with Crippen LogP contribution in [0.25, 0.3) is 0 Å². The summed E-state index contributed by atoms with van der Waals surface area (Å²) < 4.78 is 27.4. The molecule has 0 unspecified atom stereocenters. The van der Waals surface area contributed by atoms with Gasteiger partial charge in [-0.25, -0.2) is 8.42 Å². The zero-order chi connectivity index (χ0) is 20.3. The third kappa shape index (κ3) is 4.84. The number of nitrogens with zero attached hydrogens (tertiary/aromatic N) is 2. The van der Waals surface area contributed by atoms with E-state index in [-0.39, 0.29) is 10.8 Å². The molecule has 2 heterocycles. The van der Waals surface area contributed by atoms with E-state index in [4.69, 9.17) is 0 Å². The Labute approximate surface area is 174 Å². The summed E-state index contributed by atoms with van der Waals surface area (Å²) in [5, 5.41) is 2.94. The van der Waals surface area contributed by atoms with Crippen LogP contribution in [0, 0.1) is 5.92 Å². The van der Waals surface area contributed by atoms with E-state index in [0.717, 1.165) is 38.1 Å². The topological polar surface area (TPSA) is 69.7 Å². The molecule has 1 aliphatic carbocycles. The van der Waals surface area contributed by atoms with Gasteiger partial charge in [0, 0.05) is 24.8 Å². The molecule has 3 fully saturated rings. The average molecular weight is 420 g/mol. The van der Waals surface area contributed by atoms with Crippen LogP contribution in [0.3, 0.4) is 0 Å². The standard InChI is InChI=1S/C22H33N3O3S/c26-22(17-24-13-7-9-18-8-2-3-12-21(18)24)23-19-10-6-11-20(16-19)29(27,28)25-14-4-1-5-15-25/h6,10-11,16,18,21H,1-5,7-9,12-15,17H2,(H,23,26)/t18-,21+/m1/s1. The van der Waals surface area contributed by atoms with E-state index >= 15 is 0 Å². The molecule has 1 N–H and O–H groups in total. The zero-order valence-electron chi connectivity index (χ0n) is 17.2. The molecule has 7 heteroatoms. The number of nitrogens with one attached hydrogen (secondary N) is 1. The molecular formula is C22H33N3O3S. The number of anilines is 1. The molecule has 1 amide bonds. The number of rotatable bonds is 5. The van der Waals surface area contributed by atoms with Crippen molar-refractivity contribution in [2.75, 3.05) is 31.5 Å². The molecule has 1 saturated carbocycles. The highest BCUT2D eigenvalue weighted by Gasteiger charge is 2.34. The fraction of sp³-hybridized carbons (Fsp3) is 0.682. The molecule has 4 rings (SSSR count). The fourth-order valence-corrected chi connectivity index (χ4v) is 6.86. The Bertz CT molecular complexity index is 818. The number of amides is 1. The minimum Gasteiger partial charge on any atom is -0.325 e. The van der Waals surface area contributed by atoms with E-state index < -0.39 is 10.0 Å². The van der Waals surface area contributed by atoms with E-state index in [2.05, 4.69) is 10.2 Å². The molecule has 160 valence electrons. The molecule has 0 aromatic heterocycles. The highest BCUT2D eigenvalue weighted by atomic mass is 32.2. The first-order chi connectivity index (χ1) is 14.0. The number of sulfonamides is 1. The predicted octanol–water partition coefficient (Wildman–Crippen LogP) is 3.45. The van der Waals surface area contributed by atoms with Crippen LogP contribution >= 0.6 is 0 Å². The highest BCUT2D eigenvalue weighted by molar-refractivity contribution is 7.89. The Morgan fingerprint density at radius 2 is 1.72 bits per heavy atom. The van der Waals surface area contributed by atoms with E-state index in [9.17, 15) is 13.2 Å². The van der Waals surface area contributed by atoms with Crippen LogP contribution in [0.4, 0.5) is 5.69 Å². The van der Waals surface area contributed by atoms with Crippen LogP contribution in [-0.2, 0) is 14.8 Å². The van der Waals surface area contributed by atoms with Crippen LogP contribution in [0.2, 0.25) is 0 Å². The highest BCUT2D eigenvalue weighted by Crippen LogP contribution is 2.35. The number of hydrogen-bond acceptors (Lipinski definition) is 4. The van der Waals surface area contributed by atoms with E-state index in [1.54, 1.807) is 28.6 Å². The lowest BCUT2D eigenvalue weighted by Gasteiger charge is -2.43. The summed E-state index contributed by atoms with van der Waals surface area (Å²) in [4.78, 5) is 15.3. The first-order valence-electron chi connectivity index (χ1n) is 11.2. The first-order valence-corrected chi connectivity index (χ1v) is 12.6. The number of hydrogen-bond donors (Lipinski definition) is 1. The Morgan fingerprint density at radius 3 is 2.55 bits per heavy atom. The van der Waals surface area contributed by atoms with Gasteiger partial charge in [-0.1, -0.05) is 25.3 Å². The monoisotopic (exact) mass is 419 g/mol. The van der Waals surface area contributed by atoms with Crippen LogP contribution in [-0.4, -0.2) is 55.8 Å². The van der Waals surface area contributed by atoms with Gasteiger partial charge in [0.1, 0.15) is 0 Å². The molecule has 1 aromatic rings. The van der Waals surface area contributed by atoms with Gasteiger partial charge in [0.2, 0.25) is 15.9 Å². The van der Waals surface area contributed by atoms with E-state index in [0.29, 0.717) is 31.4 Å². The molecule has 2 aliphatic heterocycles. The van der Waals surface area contributed by atoms with Crippen LogP contribution in [0.1, 0.15) is 57.8 Å². The maximum Gasteiger partial charge on any atom is 0.243 e. The molecule has 29 heavy (non-hydrogen) atoms. The second-order valence-electron chi connectivity index (χ2n) is 8.77. The summed E-state index contributed by atoms with van der Waals surface area (Å²) in [6, 6.07) is 7.24. The summed E-state index contributed by atoms with van der Waals surface area (Å²) in [5.41, 5.74) is 0.560. The maximum absolute atomic E-state index is 12.9. The van der Waals surface area contributed by atoms with Crippen molar-refractivity contribution in [3.05, 3.63) is 24.3 Å². The minimum atomic E-state index is -3.49. The summed E-state index contributed by atoms with van der Waals surface area (Å²) in [5.74, 6) is 0.687. The number of fused-ring (bicyclic) bond motifs is 1. The lowest BCUT2D eigenvalue weighted by Crippen LogP contribution is -2.49. The van der Waals surface area contributed by atoms with Gasteiger partial charge < -0.3 is 5.32 Å². The largest absolute Gasteiger partial charge is 0.325 e. The Hall–Kier alpha value is -1.44. The van der Waals surface area contributed by atoms with Gasteiger partial charge in [0.05, 0.1) is 11.4 Å². The van der Waals surface area contributed by atoms with Gasteiger partial charge in [0.15, 0.2) is 0 Å². The van der Waals surface area contributed by atoms with Crippen molar-refractivity contribution in [2.45, 2.75) is 68.7 Å². The van der Waals surface area contributed by atoms with Crippen molar-refractivity contribution in [1.82, 2.24) is 9.21 Å². The van der Waals surface area contributed by atoms with Crippen LogP contribution in [0.15, 0.2) is 29.2 Å². The maximum atomic E-state index is 12.9. The van der Waals surface area contributed by atoms with Crippen molar-refractivity contribution >= 4 is 21.6 Å². The van der Waals surface area contributed by atoms with Gasteiger partial charge in [-0.05, 0) is 69.2 Å². The summed E-state index contributed by atoms with van der Waals surface area (Å²) >= 11 is 0. The zero-order valence-corrected chi connectivity index (χ0v) is 18.0. The number of likely N-dealkylation sites (tertiary alicyclic amines) is 1. The van der Waals surface area contributed by atoms with Crippen LogP contribution in [0.5, 0.6) is 0 Å². The lowest BCUT2D eigenvalue weighted by molar-refractivity contribution is -0.118. The Morgan fingerprint density at radius 1 is 0.966 bits per heavy atom. The first kappa shape index (κ1) is 20.8. The van der Waals surface area contributed by atoms with Crippen molar-refractivity contribution in [1.29, 1.82) is 0 Å². The minimum absolute atomic E-state index is 0.0521. The second-order valence-corrected chi connectivity index (χ2v) is 10.7. The molecular weight excluding hydrogens is 386 g/mol. The fourth-order valence-electron chi connectivity index (χ4n) is 5.30. The molecule has 2 atom stereocenters. The normalized spacial score (nSPS) is 26.6. The smallest absolute Gasteiger partial charge is 0.243 e. The molecule has 0 spiro atoms. The summed E-state index contributed by atoms with van der Waals surface area (Å²) in [7, 11) is -3.49. The van der Waals surface area contributed by atoms with Crippen molar-refractivity contribution in [2.24, 2.45) is 5.92 Å². The van der Waals surface area contributed by atoms with Gasteiger partial charge >= 0.3 is 0 Å². The molecule has 1 aromatic carbocycles. The number of carbonyl (C=O) groups is 1. The molecule has 0 bridgehead atoms. The Kier molecular flexibility index (Phi) is 6.56. The quantitative estimate of drug-likeness (QED) is 0.794. The SMILES string of the molecule is O=C(CN1CCC[C@H]2CCCC[C@@H]21)Nc1cccc(S(=O)(=O)N2CCCCC2)c1. The molecule has 6 nitrogen and oxygen atoms in total. The van der Waals surface area contributed by atoms with Crippen LogP contribution < -0.4 is 5.32 Å². The average Bonchev–Trinajstić information content (AvgIpc) is 2.75. The van der Waals surface area contributed by atoms with E-state index in [1.165, 1.54) is 32.1 Å². The Balaban J connectivity index is 1.40. The number of piperidine rings is 2. The third-order valence-corrected chi connectivity index (χ3v) is 8.67. The summed E-state index contributed by atoms with van der Waals surface area (Å²) in [6.07, 6.45) is 10.4. The van der Waals surface area contributed by atoms with Gasteiger partial charge in [-0.3, -0.25) is 9.69 Å². The predicted molar refractivity (Wildman–Crippen MR) is 114 cm³/mol. The summed E-state index contributed by atoms with van der Waals surface area (Å²) in [6.45, 7) is 2.54. The number of benzene rings is 1. The van der Waals surface area contributed by atoms with E-state index in [1.807, 2.05) is 0 Å². The van der Waals surface area contributed by atoms with Gasteiger partial charge in [0.25, 0.3) is 0 Å². The van der Waals surface area contributed by atoms with Crippen molar-refractivity contribution < 1.29 is 13.2 Å². The second kappa shape index (κ2) is 9.14. The molecule has 0 radical (unpaired) electrons. The van der Waals surface area contributed by atoms with Gasteiger partial charge in [-0.2, -0.15) is 4.31 Å². The number of carbonyl (C=O) groups excluding carboxylic acids is 1. The third-order valence-electron chi connectivity index (χ3n) is 6.78. The molecule has 2 saturated heterocycles. The van der Waals surface area contributed by atoms with Gasteiger partial charge in [-0.15, -0.1) is 0 Å². The molecule has 3 aliphatic rings. The van der Waals surface area contributed by atoms with Crippen molar-refractivity contribution in [3.8, 4) is 0 Å². The van der Waals surface area contributed by atoms with Crippen molar-refractivity contribution in [3.63, 3.8) is 0 Å².